The maximum absolute atomic E-state index is 13.2. The molecule has 0 radical (unpaired) electrons. The van der Waals surface area contributed by atoms with Crippen molar-refractivity contribution in [2.75, 3.05) is 6.54 Å². The largest absolute Gasteiger partial charge is 0.867 e. The van der Waals surface area contributed by atoms with E-state index < -0.39 is 6.61 Å². The van der Waals surface area contributed by atoms with Gasteiger partial charge in [0.05, 0.1) is 0 Å². The van der Waals surface area contributed by atoms with E-state index in [1.54, 1.807) is 23.0 Å². The topological polar surface area (TPSA) is 48.2 Å². The summed E-state index contributed by atoms with van der Waals surface area (Å²) in [4.78, 5) is 0.260. The number of benzene rings is 1. The molecule has 0 bridgehead atoms. The third-order valence-electron chi connectivity index (χ3n) is 4.13. The number of hydrogen-bond donors (Lipinski definition) is 1. The molecule has 0 fully saturated rings. The van der Waals surface area contributed by atoms with Crippen LogP contribution in [-0.4, -0.2) is 18.1 Å². The van der Waals surface area contributed by atoms with E-state index >= 15 is 0 Å². The van der Waals surface area contributed by atoms with E-state index in [-0.39, 0.29) is 27.6 Å². The Morgan fingerprint density at radius 3 is 2.28 bits per heavy atom. The Kier molecular flexibility index (Phi) is 7.45. The van der Waals surface area contributed by atoms with Gasteiger partial charge in [0, 0.05) is 18.7 Å². The van der Waals surface area contributed by atoms with Gasteiger partial charge in [-0.05, 0) is 34.4 Å². The highest BCUT2D eigenvalue weighted by Crippen LogP contribution is 2.22. The SMILES string of the molecule is C=CCNC(=S)/C(=C(\[O-])c1ccc(OC(F)F)cc1)[n+]1ccc(C(C)(C)C)cc1. The van der Waals surface area contributed by atoms with Gasteiger partial charge < -0.3 is 15.2 Å². The number of pyridine rings is 1. The van der Waals surface area contributed by atoms with Crippen LogP contribution in [0.5, 0.6) is 5.75 Å². The van der Waals surface area contributed by atoms with Gasteiger partial charge in [0.15, 0.2) is 17.4 Å². The van der Waals surface area contributed by atoms with Crippen molar-refractivity contribution >= 4 is 28.7 Å². The van der Waals surface area contributed by atoms with Crippen molar-refractivity contribution in [1.29, 1.82) is 0 Å². The molecular weight excluding hydrogens is 394 g/mol. The number of halogens is 2. The molecule has 7 heteroatoms. The Morgan fingerprint density at radius 2 is 1.79 bits per heavy atom. The highest BCUT2D eigenvalue weighted by Gasteiger charge is 2.21. The van der Waals surface area contributed by atoms with Gasteiger partial charge in [-0.1, -0.05) is 51.2 Å². The summed E-state index contributed by atoms with van der Waals surface area (Å²) in [6.07, 6.45) is 5.20. The predicted octanol–water partition coefficient (Wildman–Crippen LogP) is 3.66. The Morgan fingerprint density at radius 1 is 1.21 bits per heavy atom. The summed E-state index contributed by atoms with van der Waals surface area (Å²) in [5.74, 6) is -0.365. The molecule has 0 amide bonds. The van der Waals surface area contributed by atoms with Crippen LogP contribution in [0.3, 0.4) is 0 Å². The highest BCUT2D eigenvalue weighted by molar-refractivity contribution is 7.81. The van der Waals surface area contributed by atoms with Crippen molar-refractivity contribution < 1.29 is 23.2 Å². The summed E-state index contributed by atoms with van der Waals surface area (Å²) >= 11 is 5.43. The van der Waals surface area contributed by atoms with E-state index in [0.717, 1.165) is 5.56 Å². The number of hydrogen-bond acceptors (Lipinski definition) is 3. The molecule has 1 aromatic heterocycles. The van der Waals surface area contributed by atoms with Crippen LogP contribution in [0.1, 0.15) is 31.9 Å². The summed E-state index contributed by atoms with van der Waals surface area (Å²) in [6.45, 7) is 7.41. The van der Waals surface area contributed by atoms with E-state index in [9.17, 15) is 13.9 Å². The van der Waals surface area contributed by atoms with Crippen molar-refractivity contribution in [1.82, 2.24) is 5.32 Å². The van der Waals surface area contributed by atoms with E-state index in [1.807, 2.05) is 12.1 Å². The van der Waals surface area contributed by atoms with Crippen molar-refractivity contribution in [2.45, 2.75) is 32.8 Å². The fourth-order valence-corrected chi connectivity index (χ4v) is 2.87. The number of rotatable bonds is 7. The molecule has 0 spiro atoms. The normalized spacial score (nSPS) is 12.3. The molecule has 0 saturated carbocycles. The van der Waals surface area contributed by atoms with Crippen LogP contribution in [0.15, 0.2) is 61.4 Å². The molecule has 29 heavy (non-hydrogen) atoms. The van der Waals surface area contributed by atoms with Crippen molar-refractivity contribution in [3.05, 3.63) is 72.6 Å². The Labute approximate surface area is 175 Å². The summed E-state index contributed by atoms with van der Waals surface area (Å²) in [5, 5.41) is 16.1. The quantitative estimate of drug-likeness (QED) is 0.245. The van der Waals surface area contributed by atoms with Gasteiger partial charge in [-0.2, -0.15) is 13.3 Å². The molecule has 1 heterocycles. The third-order valence-corrected chi connectivity index (χ3v) is 4.47. The lowest BCUT2D eigenvalue weighted by Crippen LogP contribution is -2.42. The molecular formula is C22H24F2N2O2S. The second-order valence-electron chi connectivity index (χ2n) is 7.32. The second-order valence-corrected chi connectivity index (χ2v) is 7.73. The fourth-order valence-electron chi connectivity index (χ4n) is 2.59. The number of nitrogens with zero attached hydrogens (tertiary/aromatic N) is 1. The number of aromatic nitrogens is 1. The molecule has 0 saturated heterocycles. The summed E-state index contributed by atoms with van der Waals surface area (Å²) < 4.78 is 30.7. The molecule has 0 unspecified atom stereocenters. The van der Waals surface area contributed by atoms with Crippen LogP contribution >= 0.6 is 12.2 Å². The lowest BCUT2D eigenvalue weighted by molar-refractivity contribution is -0.578. The standard InChI is InChI=1S/C22H24F2N2O2S/c1-5-12-25-20(29)18(26-13-10-16(11-14-26)22(2,3)4)19(27)15-6-8-17(9-7-15)28-21(23)24/h5-11,13-14,21H,1,12H2,2-4H3,(H-,25,27,29). The Balaban J connectivity index is 2.48. The molecule has 0 aliphatic heterocycles. The summed E-state index contributed by atoms with van der Waals surface area (Å²) in [5.41, 5.74) is 1.63. The molecule has 0 aliphatic carbocycles. The number of thiocarbonyl (C=S) groups is 1. The average Bonchev–Trinajstić information content (AvgIpc) is 2.66. The van der Waals surface area contributed by atoms with Gasteiger partial charge in [0.25, 0.3) is 0 Å². The lowest BCUT2D eigenvalue weighted by atomic mass is 9.88. The second kappa shape index (κ2) is 9.60. The Hall–Kier alpha value is -2.80. The van der Waals surface area contributed by atoms with Crippen LogP contribution in [0.25, 0.3) is 11.5 Å². The first kappa shape index (κ1) is 22.5. The van der Waals surface area contributed by atoms with Gasteiger partial charge in [-0.25, -0.2) is 0 Å². The zero-order chi connectivity index (χ0) is 21.6. The smallest absolute Gasteiger partial charge is 0.387 e. The zero-order valence-electron chi connectivity index (χ0n) is 16.6. The van der Waals surface area contributed by atoms with Crippen molar-refractivity contribution in [3.63, 3.8) is 0 Å². The first-order chi connectivity index (χ1) is 13.6. The molecule has 0 aliphatic rings. The number of ether oxygens (including phenoxy) is 1. The van der Waals surface area contributed by atoms with Crippen molar-refractivity contribution in [3.8, 4) is 5.75 Å². The molecule has 2 rings (SSSR count). The van der Waals surface area contributed by atoms with Crippen molar-refractivity contribution in [2.24, 2.45) is 0 Å². The van der Waals surface area contributed by atoms with Gasteiger partial charge in [0.1, 0.15) is 5.75 Å². The number of nitrogens with one attached hydrogen (secondary N) is 1. The number of alkyl halides is 2. The molecule has 1 N–H and O–H groups in total. The van der Waals surface area contributed by atoms with E-state index in [0.29, 0.717) is 12.1 Å². The van der Waals surface area contributed by atoms with Gasteiger partial charge in [-0.3, -0.25) is 0 Å². The van der Waals surface area contributed by atoms with Crippen LogP contribution in [0, 0.1) is 0 Å². The molecule has 4 nitrogen and oxygen atoms in total. The van der Waals surface area contributed by atoms with Gasteiger partial charge in [0.2, 0.25) is 5.70 Å². The maximum atomic E-state index is 13.2. The minimum absolute atomic E-state index is 0.0207. The van der Waals surface area contributed by atoms with Crippen LogP contribution in [0.2, 0.25) is 0 Å². The van der Waals surface area contributed by atoms with Crippen LogP contribution < -0.4 is 19.7 Å². The molecule has 154 valence electrons. The van der Waals surface area contributed by atoms with Gasteiger partial charge in [-0.15, -0.1) is 6.58 Å². The maximum Gasteiger partial charge on any atom is 0.387 e. The van der Waals surface area contributed by atoms with E-state index in [4.69, 9.17) is 12.2 Å². The summed E-state index contributed by atoms with van der Waals surface area (Å²) in [7, 11) is 0. The summed E-state index contributed by atoms with van der Waals surface area (Å²) in [6, 6.07) is 9.38. The zero-order valence-corrected chi connectivity index (χ0v) is 17.4. The molecule has 1 aromatic carbocycles. The monoisotopic (exact) mass is 418 g/mol. The fraction of sp³-hybridized carbons (Fsp3) is 0.273. The first-order valence-electron chi connectivity index (χ1n) is 9.01. The van der Waals surface area contributed by atoms with Crippen LogP contribution in [0.4, 0.5) is 8.78 Å². The minimum Gasteiger partial charge on any atom is -0.867 e. The third kappa shape index (κ3) is 6.09. The van der Waals surface area contributed by atoms with Gasteiger partial charge >= 0.3 is 6.61 Å². The first-order valence-corrected chi connectivity index (χ1v) is 9.42. The molecule has 0 atom stereocenters. The Bertz CT molecular complexity index is 887. The lowest BCUT2D eigenvalue weighted by Gasteiger charge is -2.19. The minimum atomic E-state index is -2.92. The molecule has 2 aromatic rings. The van der Waals surface area contributed by atoms with E-state index in [2.05, 4.69) is 37.4 Å². The van der Waals surface area contributed by atoms with E-state index in [1.165, 1.54) is 24.3 Å². The van der Waals surface area contributed by atoms with Crippen LogP contribution in [-0.2, 0) is 5.41 Å². The average molecular weight is 419 g/mol. The predicted molar refractivity (Wildman–Crippen MR) is 112 cm³/mol. The highest BCUT2D eigenvalue weighted by atomic mass is 32.1.